The van der Waals surface area contributed by atoms with Crippen LogP contribution in [0.15, 0.2) is 388 Å². The highest BCUT2D eigenvalue weighted by Crippen LogP contribution is 2.30. The smallest absolute Gasteiger partial charge is 0.256 e. The lowest BCUT2D eigenvalue weighted by molar-refractivity contribution is 0.0997. The zero-order valence-electron chi connectivity index (χ0n) is 78.0. The van der Waals surface area contributed by atoms with Gasteiger partial charge in [-0.1, -0.05) is 334 Å². The molecule has 136 heavy (non-hydrogen) atoms. The highest BCUT2D eigenvalue weighted by molar-refractivity contribution is 6.33. The molecule has 0 bridgehead atoms. The van der Waals surface area contributed by atoms with Crippen LogP contribution in [0.3, 0.4) is 0 Å². The van der Waals surface area contributed by atoms with Crippen molar-refractivity contribution in [1.29, 1.82) is 0 Å². The lowest BCUT2D eigenvalue weighted by Crippen LogP contribution is -2.15. The standard InChI is InChI=1S/C14H14N2O2.C12H11NO.C12H13N.5C11H9Cl.C11H9F.C8H9FN2O.C7H8/c1-10-3-4-12(18-2)9-13(10)14(17)16-11-5-7-15-8-6-11;1-8-6-9-4-2-3-5-10(9)7-11(8)12(13)14;1-9-6-10-4-2-3-5-11(10)7-12(9)8-13;1-8-2-3-10-7-11(12)5-4-9(10)6-8;1-8-2-3-9-4-5-11(12)7-10(9)6-8;1-8-3-2-4-9-7-10(12)5-6-11(8)9;1-8-3-2-4-9-5-6-10(12)7-11(8)9;2*1-8-6-9-4-2-3-5-10(9)7-11(8)12;1-5-2-3-7(9)6(4-5)8(10)11-12;1-7-5-3-2-4-6-7/h3-9H,1-2H3,(H,15,16,17);2-7H,1H3,(H2,13,14);2-7H,8,13H2,1H3;6*2-7H,1H3;2-4,12H,1H3,(H2,10,11);2-6H,1H3. The second kappa shape index (κ2) is 51.8. The minimum absolute atomic E-state index is 0.123. The molecule has 0 aliphatic rings. The molecule has 0 aliphatic heterocycles. The number of halogens is 7. The van der Waals surface area contributed by atoms with Crippen molar-refractivity contribution in [3.63, 3.8) is 0 Å². The van der Waals surface area contributed by atoms with E-state index in [1.807, 2.05) is 209 Å². The summed E-state index contributed by atoms with van der Waals surface area (Å²) < 4.78 is 31.1. The van der Waals surface area contributed by atoms with Crippen molar-refractivity contribution in [1.82, 2.24) is 4.98 Å². The number of oxime groups is 1. The molecule has 2 amide bonds. The van der Waals surface area contributed by atoms with E-state index in [-0.39, 0.29) is 29.0 Å². The number of aryl methyl sites for hydroxylation is 11. The van der Waals surface area contributed by atoms with E-state index in [0.717, 1.165) is 74.6 Å². The Morgan fingerprint density at radius 1 is 0.331 bits per heavy atom. The van der Waals surface area contributed by atoms with Gasteiger partial charge in [0, 0.05) is 60.9 Å². The van der Waals surface area contributed by atoms with Gasteiger partial charge >= 0.3 is 0 Å². The molecule has 17 heteroatoms. The first-order valence-corrected chi connectivity index (χ1v) is 45.7. The number of hydrogen-bond donors (Lipinski definition) is 5. The minimum Gasteiger partial charge on any atom is -0.497 e. The molecular formula is C119H109Cl5F2N6O4. The highest BCUT2D eigenvalue weighted by Gasteiger charge is 2.13. The van der Waals surface area contributed by atoms with Crippen LogP contribution in [-0.2, 0) is 6.54 Å². The van der Waals surface area contributed by atoms with Crippen LogP contribution in [0.5, 0.6) is 5.75 Å². The van der Waals surface area contributed by atoms with E-state index in [0.29, 0.717) is 29.0 Å². The first-order valence-electron chi connectivity index (χ1n) is 43.8. The van der Waals surface area contributed by atoms with Crippen LogP contribution in [0.25, 0.3) is 86.2 Å². The zero-order chi connectivity index (χ0) is 97.9. The van der Waals surface area contributed by atoms with Crippen LogP contribution in [0.2, 0.25) is 25.1 Å². The number of ether oxygens (including phenoxy) is 1. The topological polar surface area (TPSA) is 179 Å². The highest BCUT2D eigenvalue weighted by atomic mass is 35.5. The maximum absolute atomic E-state index is 13.0. The number of anilines is 1. The SMILES string of the molecule is COc1ccc(C)c(C(=O)Nc2ccncc2)c1.Cc1cc2ccccc2cc1C(N)=O.Cc1cc2ccccc2cc1CN.Cc1cc2ccccc2cc1Cl.Cc1cc2ccccc2cc1F.Cc1ccc(F)c(C(N)=NO)c1.Cc1ccc2cc(Cl)ccc2c1.Cc1ccc2ccc(Cl)cc2c1.Cc1cccc2cc(Cl)ccc12.Cc1cccc2ccc(Cl)cc12.Cc1ccccc1. The molecule has 10 nitrogen and oxygen atoms in total. The summed E-state index contributed by atoms with van der Waals surface area (Å²) in [4.78, 5) is 27.1. The second-order valence-corrected chi connectivity index (χ2v) is 34.6. The molecule has 0 saturated heterocycles. The average Bonchev–Trinajstić information content (AvgIpc) is 0.607. The molecule has 0 aliphatic carbocycles. The molecule has 0 atom stereocenters. The van der Waals surface area contributed by atoms with Crippen molar-refractivity contribution in [2.24, 2.45) is 22.4 Å². The molecule has 8 N–H and O–H groups in total. The molecule has 1 heterocycles. The molecule has 0 saturated carbocycles. The second-order valence-electron chi connectivity index (χ2n) is 32.5. The minimum atomic E-state index is -0.490. The molecule has 0 fully saturated rings. The fourth-order valence-corrected chi connectivity index (χ4v) is 15.3. The quantitative estimate of drug-likeness (QED) is 0.0476. The molecule has 1 aromatic heterocycles. The van der Waals surface area contributed by atoms with Crippen molar-refractivity contribution in [2.75, 3.05) is 12.4 Å². The number of hydrogen-bond acceptors (Lipinski definition) is 7. The number of nitrogens with two attached hydrogens (primary N) is 3. The van der Waals surface area contributed by atoms with Gasteiger partial charge in [-0.3, -0.25) is 14.6 Å². The fraction of sp³-hybridized carbons (Fsp3) is 0.109. The van der Waals surface area contributed by atoms with E-state index < -0.39 is 5.82 Å². The number of pyridine rings is 1. The normalized spacial score (nSPS) is 10.4. The summed E-state index contributed by atoms with van der Waals surface area (Å²) in [5.74, 6) is -0.688. The Morgan fingerprint density at radius 3 is 1.32 bits per heavy atom. The number of amides is 2. The first-order chi connectivity index (χ1) is 65.3. The molecule has 0 unspecified atom stereocenters. The number of carbonyl (C=O) groups is 2. The van der Waals surface area contributed by atoms with E-state index in [2.05, 4.69) is 197 Å². The van der Waals surface area contributed by atoms with Gasteiger partial charge in [0.1, 0.15) is 17.4 Å². The number of methoxy groups -OCH3 is 1. The summed E-state index contributed by atoms with van der Waals surface area (Å²) in [7, 11) is 1.58. The molecular weight excluding hydrogens is 1790 g/mol. The molecule has 20 aromatic rings. The summed E-state index contributed by atoms with van der Waals surface area (Å²) >= 11 is 29.5. The molecule has 19 aromatic carbocycles. The Balaban J connectivity index is 0.000000155. The van der Waals surface area contributed by atoms with Crippen LogP contribution in [0.1, 0.15) is 93.0 Å². The number of rotatable bonds is 6. The third kappa shape index (κ3) is 31.4. The first kappa shape index (κ1) is 104. The van der Waals surface area contributed by atoms with E-state index in [1.165, 1.54) is 116 Å². The lowest BCUT2D eigenvalue weighted by Gasteiger charge is -2.09. The van der Waals surface area contributed by atoms with Gasteiger partial charge in [-0.05, 0) is 328 Å². The van der Waals surface area contributed by atoms with Crippen molar-refractivity contribution < 1.29 is 28.3 Å². The van der Waals surface area contributed by atoms with Gasteiger partial charge in [0.15, 0.2) is 5.84 Å². The summed E-state index contributed by atoms with van der Waals surface area (Å²) in [6, 6.07) is 121. The lowest BCUT2D eigenvalue weighted by atomic mass is 10.0. The van der Waals surface area contributed by atoms with Gasteiger partial charge in [-0.25, -0.2) is 8.78 Å². The van der Waals surface area contributed by atoms with Crippen molar-refractivity contribution in [2.45, 2.75) is 82.7 Å². The van der Waals surface area contributed by atoms with E-state index >= 15 is 0 Å². The molecule has 688 valence electrons. The van der Waals surface area contributed by atoms with Gasteiger partial charge in [0.2, 0.25) is 5.91 Å². The third-order valence-corrected chi connectivity index (χ3v) is 23.3. The summed E-state index contributed by atoms with van der Waals surface area (Å²) in [5.41, 5.74) is 31.7. The predicted molar refractivity (Wildman–Crippen MR) is 576 cm³/mol. The van der Waals surface area contributed by atoms with Gasteiger partial charge in [-0.15, -0.1) is 0 Å². The largest absolute Gasteiger partial charge is 0.497 e. The Morgan fingerprint density at radius 2 is 0.757 bits per heavy atom. The monoisotopic (exact) mass is 1900 g/mol. The Hall–Kier alpha value is -14.3. The van der Waals surface area contributed by atoms with Crippen LogP contribution in [0.4, 0.5) is 14.5 Å². The summed E-state index contributed by atoms with van der Waals surface area (Å²) in [6.45, 7) is 22.6. The number of primary amides is 1. The van der Waals surface area contributed by atoms with Gasteiger partial charge in [0.25, 0.3) is 5.91 Å². The van der Waals surface area contributed by atoms with Crippen molar-refractivity contribution in [3.8, 4) is 5.75 Å². The zero-order valence-corrected chi connectivity index (χ0v) is 81.8. The Kier molecular flexibility index (Phi) is 39.5. The number of benzene rings is 19. The third-order valence-electron chi connectivity index (χ3n) is 21.9. The van der Waals surface area contributed by atoms with E-state index in [9.17, 15) is 18.4 Å². The number of aromatic nitrogens is 1. The van der Waals surface area contributed by atoms with Gasteiger partial charge < -0.3 is 32.5 Å². The Labute approximate surface area is 820 Å². The van der Waals surface area contributed by atoms with Crippen LogP contribution < -0.4 is 27.3 Å². The van der Waals surface area contributed by atoms with Gasteiger partial charge in [-0.2, -0.15) is 0 Å². The number of carbonyl (C=O) groups excluding carboxylic acids is 2. The number of nitrogens with zero attached hydrogens (tertiary/aromatic N) is 2. The summed E-state index contributed by atoms with van der Waals surface area (Å²) in [5, 5.41) is 37.0. The van der Waals surface area contributed by atoms with Crippen molar-refractivity contribution >= 4 is 168 Å². The number of amidine groups is 1. The predicted octanol–water partition coefficient (Wildman–Crippen LogP) is 33.0. The average molecular weight is 1900 g/mol. The number of nitrogens with one attached hydrogen (secondary N) is 1. The molecule has 0 radical (unpaired) electrons. The maximum Gasteiger partial charge on any atom is 0.256 e. The number of fused-ring (bicyclic) bond motifs is 8. The summed E-state index contributed by atoms with van der Waals surface area (Å²) in [6.07, 6.45) is 3.27. The maximum atomic E-state index is 13.0. The molecule has 0 spiro atoms. The van der Waals surface area contributed by atoms with Crippen LogP contribution >= 0.6 is 58.0 Å². The van der Waals surface area contributed by atoms with Gasteiger partial charge in [0.05, 0.1) is 12.7 Å². The molecule has 20 rings (SSSR count). The van der Waals surface area contributed by atoms with Crippen LogP contribution in [-0.4, -0.2) is 35.0 Å². The Bertz CT molecular complexity index is 7250. The van der Waals surface area contributed by atoms with E-state index in [1.54, 1.807) is 63.7 Å². The van der Waals surface area contributed by atoms with Crippen LogP contribution in [0, 0.1) is 87.8 Å². The van der Waals surface area contributed by atoms with Crippen molar-refractivity contribution in [3.05, 3.63) is 503 Å². The fourth-order valence-electron chi connectivity index (χ4n) is 14.4. The van der Waals surface area contributed by atoms with E-state index in [4.69, 9.17) is 85.1 Å².